The Morgan fingerprint density at radius 1 is 1.39 bits per heavy atom. The van der Waals surface area contributed by atoms with Gasteiger partial charge in [0.1, 0.15) is 0 Å². The number of para-hydroxylation sites is 1. The zero-order chi connectivity index (χ0) is 13.3. The molecule has 0 amide bonds. The molecule has 6 heteroatoms. The van der Waals surface area contributed by atoms with Crippen molar-refractivity contribution in [2.45, 2.75) is 29.9 Å². The summed E-state index contributed by atoms with van der Waals surface area (Å²) in [6, 6.07) is 5.31. The van der Waals surface area contributed by atoms with Crippen LogP contribution in [0.25, 0.3) is 0 Å². The number of nitrogen functional groups attached to an aromatic ring is 1. The van der Waals surface area contributed by atoms with Gasteiger partial charge in [0.25, 0.3) is 0 Å². The van der Waals surface area contributed by atoms with Crippen LogP contribution in [0, 0.1) is 0 Å². The van der Waals surface area contributed by atoms with Crippen molar-refractivity contribution < 1.29 is 13.2 Å². The van der Waals surface area contributed by atoms with Crippen LogP contribution >= 0.6 is 0 Å². The third kappa shape index (κ3) is 2.59. The number of methoxy groups -OCH3 is 1. The smallest absolute Gasteiger partial charge is 0.177 e. The molecular weight excluding hydrogens is 252 g/mol. The first-order chi connectivity index (χ1) is 8.41. The third-order valence-corrected chi connectivity index (χ3v) is 4.41. The molecule has 1 aliphatic carbocycles. The largest absolute Gasteiger partial charge is 0.396 e. The van der Waals surface area contributed by atoms with Crippen LogP contribution in [0.3, 0.4) is 0 Å². The Balaban J connectivity index is 2.15. The minimum Gasteiger partial charge on any atom is -0.396 e. The van der Waals surface area contributed by atoms with Crippen LogP contribution in [-0.2, 0) is 14.6 Å². The van der Waals surface area contributed by atoms with Crippen LogP contribution in [0.2, 0.25) is 0 Å². The molecule has 100 valence electrons. The van der Waals surface area contributed by atoms with Crippen LogP contribution in [0.5, 0.6) is 0 Å². The molecule has 0 atom stereocenters. The highest BCUT2D eigenvalue weighted by atomic mass is 32.2. The molecule has 0 aromatic heterocycles. The summed E-state index contributed by atoms with van der Waals surface area (Å²) in [5.41, 5.74) is 6.86. The molecule has 1 aromatic carbocycles. The number of sulfone groups is 1. The van der Waals surface area contributed by atoms with E-state index in [1.165, 1.54) is 6.07 Å². The summed E-state index contributed by atoms with van der Waals surface area (Å²) in [4.78, 5) is 0.176. The molecule has 0 heterocycles. The summed E-state index contributed by atoms with van der Waals surface area (Å²) in [6.45, 7) is 0. The van der Waals surface area contributed by atoms with Gasteiger partial charge in [-0.1, -0.05) is 6.07 Å². The van der Waals surface area contributed by atoms with E-state index in [9.17, 15) is 8.42 Å². The average Bonchev–Trinajstić information content (AvgIpc) is 2.23. The number of rotatable bonds is 4. The predicted molar refractivity (Wildman–Crippen MR) is 71.4 cm³/mol. The Morgan fingerprint density at radius 2 is 2.06 bits per heavy atom. The van der Waals surface area contributed by atoms with Crippen LogP contribution in [0.4, 0.5) is 11.4 Å². The van der Waals surface area contributed by atoms with Crippen LogP contribution in [0.15, 0.2) is 23.1 Å². The Morgan fingerprint density at radius 3 is 2.61 bits per heavy atom. The normalized spacial score (nSPS) is 23.4. The topological polar surface area (TPSA) is 81.4 Å². The van der Waals surface area contributed by atoms with Gasteiger partial charge in [-0.05, 0) is 25.0 Å². The lowest BCUT2D eigenvalue weighted by Gasteiger charge is -2.35. The van der Waals surface area contributed by atoms with Crippen LogP contribution in [-0.4, -0.2) is 33.9 Å². The van der Waals surface area contributed by atoms with Gasteiger partial charge in [0.05, 0.1) is 22.4 Å². The standard InChI is InChI=1S/C12H18N2O3S/c1-17-9-6-8(7-9)14-10-4-3-5-11(12(10)13)18(2,15)16/h3-5,8-9,14H,6-7,13H2,1-2H3. The van der Waals surface area contributed by atoms with Crippen molar-refractivity contribution in [1.29, 1.82) is 0 Å². The number of hydrogen-bond acceptors (Lipinski definition) is 5. The van der Waals surface area contributed by atoms with E-state index in [2.05, 4.69) is 5.32 Å². The van der Waals surface area contributed by atoms with Gasteiger partial charge >= 0.3 is 0 Å². The van der Waals surface area contributed by atoms with E-state index in [4.69, 9.17) is 10.5 Å². The second-order valence-electron chi connectivity index (χ2n) is 4.66. The van der Waals surface area contributed by atoms with Crippen molar-refractivity contribution in [3.05, 3.63) is 18.2 Å². The zero-order valence-electron chi connectivity index (χ0n) is 10.5. The lowest BCUT2D eigenvalue weighted by molar-refractivity contribution is 0.0329. The Bertz CT molecular complexity index is 536. The molecule has 1 aromatic rings. The number of benzene rings is 1. The fourth-order valence-electron chi connectivity index (χ4n) is 2.09. The van der Waals surface area contributed by atoms with Crippen molar-refractivity contribution >= 4 is 21.2 Å². The summed E-state index contributed by atoms with van der Waals surface area (Å²) in [6.07, 6.45) is 3.28. The van der Waals surface area contributed by atoms with Gasteiger partial charge in [-0.2, -0.15) is 0 Å². The first kappa shape index (κ1) is 13.2. The number of nitrogens with one attached hydrogen (secondary N) is 1. The van der Waals surface area contributed by atoms with Gasteiger partial charge in [0.2, 0.25) is 0 Å². The van der Waals surface area contributed by atoms with Crippen molar-refractivity contribution in [3.8, 4) is 0 Å². The first-order valence-corrected chi connectivity index (χ1v) is 7.69. The van der Waals surface area contributed by atoms with E-state index >= 15 is 0 Å². The maximum Gasteiger partial charge on any atom is 0.177 e. The maximum atomic E-state index is 11.5. The van der Waals surface area contributed by atoms with Gasteiger partial charge in [-0.25, -0.2) is 8.42 Å². The van der Waals surface area contributed by atoms with Gasteiger partial charge in [0.15, 0.2) is 9.84 Å². The molecule has 0 unspecified atom stereocenters. The lowest BCUT2D eigenvalue weighted by Crippen LogP contribution is -2.40. The molecule has 0 saturated heterocycles. The number of ether oxygens (including phenoxy) is 1. The van der Waals surface area contributed by atoms with Crippen LogP contribution in [0.1, 0.15) is 12.8 Å². The lowest BCUT2D eigenvalue weighted by atomic mass is 9.89. The van der Waals surface area contributed by atoms with Gasteiger partial charge in [-0.3, -0.25) is 0 Å². The monoisotopic (exact) mass is 270 g/mol. The van der Waals surface area contributed by atoms with Gasteiger partial charge in [0, 0.05) is 19.4 Å². The summed E-state index contributed by atoms with van der Waals surface area (Å²) < 4.78 is 28.3. The maximum absolute atomic E-state index is 11.5. The molecule has 2 rings (SSSR count). The molecular formula is C12H18N2O3S. The molecule has 0 bridgehead atoms. The fourth-order valence-corrected chi connectivity index (χ4v) is 2.92. The average molecular weight is 270 g/mol. The molecule has 18 heavy (non-hydrogen) atoms. The number of anilines is 2. The summed E-state index contributed by atoms with van der Waals surface area (Å²) in [5.74, 6) is 0. The summed E-state index contributed by atoms with van der Waals surface area (Å²) in [5, 5.41) is 3.25. The van der Waals surface area contributed by atoms with Crippen molar-refractivity contribution in [2.24, 2.45) is 0 Å². The molecule has 5 nitrogen and oxygen atoms in total. The minimum absolute atomic E-state index is 0.176. The molecule has 0 aliphatic heterocycles. The summed E-state index contributed by atoms with van der Waals surface area (Å²) in [7, 11) is -1.59. The Hall–Kier alpha value is -1.27. The van der Waals surface area contributed by atoms with Crippen molar-refractivity contribution in [3.63, 3.8) is 0 Å². The fraction of sp³-hybridized carbons (Fsp3) is 0.500. The van der Waals surface area contributed by atoms with Gasteiger partial charge < -0.3 is 15.8 Å². The van der Waals surface area contributed by atoms with E-state index in [-0.39, 0.29) is 4.90 Å². The van der Waals surface area contributed by atoms with Gasteiger partial charge in [-0.15, -0.1) is 0 Å². The molecule has 1 fully saturated rings. The van der Waals surface area contributed by atoms with Crippen molar-refractivity contribution in [1.82, 2.24) is 0 Å². The predicted octanol–water partition coefficient (Wildman–Crippen LogP) is 1.26. The summed E-state index contributed by atoms with van der Waals surface area (Å²) >= 11 is 0. The molecule has 3 N–H and O–H groups in total. The number of nitrogens with two attached hydrogens (primary N) is 1. The van der Waals surface area contributed by atoms with E-state index in [1.54, 1.807) is 19.2 Å². The Labute approximate surface area is 107 Å². The highest BCUT2D eigenvalue weighted by Gasteiger charge is 2.29. The molecule has 0 radical (unpaired) electrons. The second-order valence-corrected chi connectivity index (χ2v) is 6.64. The van der Waals surface area contributed by atoms with Crippen LogP contribution < -0.4 is 11.1 Å². The van der Waals surface area contributed by atoms with Crippen molar-refractivity contribution in [2.75, 3.05) is 24.4 Å². The zero-order valence-corrected chi connectivity index (χ0v) is 11.3. The molecule has 1 saturated carbocycles. The Kier molecular flexibility index (Phi) is 3.49. The highest BCUT2D eigenvalue weighted by molar-refractivity contribution is 7.90. The van der Waals surface area contributed by atoms with E-state index < -0.39 is 9.84 Å². The first-order valence-electron chi connectivity index (χ1n) is 5.79. The SMILES string of the molecule is COC1CC(Nc2cccc(S(C)(=O)=O)c2N)C1. The highest BCUT2D eigenvalue weighted by Crippen LogP contribution is 2.31. The van der Waals surface area contributed by atoms with E-state index in [0.29, 0.717) is 23.5 Å². The molecule has 1 aliphatic rings. The molecule has 0 spiro atoms. The second kappa shape index (κ2) is 4.78. The number of hydrogen-bond donors (Lipinski definition) is 2. The van der Waals surface area contributed by atoms with E-state index in [1.807, 2.05) is 0 Å². The minimum atomic E-state index is -3.29. The third-order valence-electron chi connectivity index (χ3n) is 3.25. The van der Waals surface area contributed by atoms with E-state index in [0.717, 1.165) is 19.1 Å². The quantitative estimate of drug-likeness (QED) is 0.805.